The Morgan fingerprint density at radius 2 is 1.26 bits per heavy atom. The molecule has 1 aliphatic rings. The lowest BCUT2D eigenvalue weighted by Crippen LogP contribution is -2.51. The van der Waals surface area contributed by atoms with E-state index in [-0.39, 0.29) is 16.2 Å². The Morgan fingerprint density at radius 1 is 0.806 bits per heavy atom. The first-order chi connectivity index (χ1) is 14.5. The quantitative estimate of drug-likeness (QED) is 0.569. The zero-order chi connectivity index (χ0) is 22.8. The molecule has 2 aromatic rings. The highest BCUT2D eigenvalue weighted by Crippen LogP contribution is 2.31. The first-order valence-corrected chi connectivity index (χ1v) is 12.5. The van der Waals surface area contributed by atoms with Crippen LogP contribution in [-0.4, -0.2) is 48.5 Å². The Kier molecular flexibility index (Phi) is 7.19. The highest BCUT2D eigenvalue weighted by atomic mass is 32.2. The van der Waals surface area contributed by atoms with Crippen molar-refractivity contribution in [1.82, 2.24) is 0 Å². The molecule has 2 aromatic carbocycles. The van der Waals surface area contributed by atoms with Crippen molar-refractivity contribution in [1.29, 1.82) is 0 Å². The van der Waals surface area contributed by atoms with Crippen LogP contribution in [-0.2, 0) is 38.1 Å². The van der Waals surface area contributed by atoms with Crippen LogP contribution in [0.2, 0.25) is 0 Å². The Hall–Kier alpha value is -1.82. The monoisotopic (exact) mass is 470 g/mol. The van der Waals surface area contributed by atoms with Gasteiger partial charge in [-0.05, 0) is 45.0 Å². The Labute approximate surface area is 183 Å². The third kappa shape index (κ3) is 5.71. The molecule has 10 heteroatoms. The molecule has 0 N–H and O–H groups in total. The van der Waals surface area contributed by atoms with Gasteiger partial charge in [0.05, 0.1) is 15.9 Å². The summed E-state index contributed by atoms with van der Waals surface area (Å²) in [6, 6.07) is 12.3. The molecule has 1 fully saturated rings. The first-order valence-electron chi connectivity index (χ1n) is 9.70. The highest BCUT2D eigenvalue weighted by molar-refractivity contribution is 7.87. The average Bonchev–Trinajstić information content (AvgIpc) is 2.70. The minimum absolute atomic E-state index is 0.0278. The molecule has 0 aromatic heterocycles. The van der Waals surface area contributed by atoms with Gasteiger partial charge in [-0.15, -0.1) is 0 Å². The third-order valence-corrected chi connectivity index (χ3v) is 7.67. The van der Waals surface area contributed by atoms with Gasteiger partial charge in [0.1, 0.15) is 12.2 Å². The molecule has 1 aliphatic heterocycles. The summed E-state index contributed by atoms with van der Waals surface area (Å²) in [6.07, 6.45) is -3.94. The number of ether oxygens (including phenoxy) is 2. The summed E-state index contributed by atoms with van der Waals surface area (Å²) in [5.41, 5.74) is 1.78. The Morgan fingerprint density at radius 3 is 1.71 bits per heavy atom. The summed E-state index contributed by atoms with van der Waals surface area (Å²) >= 11 is 0. The van der Waals surface area contributed by atoms with Crippen LogP contribution in [0.5, 0.6) is 0 Å². The van der Waals surface area contributed by atoms with Gasteiger partial charge >= 0.3 is 0 Å². The molecular weight excluding hydrogens is 444 g/mol. The number of rotatable bonds is 7. The molecule has 0 unspecified atom stereocenters. The Balaban J connectivity index is 1.89. The zero-order valence-electron chi connectivity index (χ0n) is 17.7. The molecule has 0 radical (unpaired) electrons. The standard InChI is InChI=1S/C21H26O8S2/c1-14-5-9-17(10-6-14)30(22,23)28-19-13-20(26-4)27-16(3)21(19)29-31(24,25)18-11-7-15(2)8-12-18/h5-12,16,19-21H,13H2,1-4H3/t16-,19-,20+,21+/m1/s1. The SMILES string of the molecule is CO[C@@H]1C[C@@H](OS(=O)(=O)c2ccc(C)cc2)[C@@H](OS(=O)(=O)c2ccc(C)cc2)[C@@H](C)O1. The minimum Gasteiger partial charge on any atom is -0.356 e. The molecule has 8 nitrogen and oxygen atoms in total. The van der Waals surface area contributed by atoms with E-state index in [1.165, 1.54) is 31.4 Å². The van der Waals surface area contributed by atoms with E-state index in [0.717, 1.165) is 11.1 Å². The zero-order valence-corrected chi connectivity index (χ0v) is 19.4. The second-order valence-electron chi connectivity index (χ2n) is 7.47. The van der Waals surface area contributed by atoms with Gasteiger partial charge in [-0.2, -0.15) is 16.8 Å². The fourth-order valence-electron chi connectivity index (χ4n) is 3.21. The molecule has 3 rings (SSSR count). The number of hydrogen-bond acceptors (Lipinski definition) is 8. The van der Waals surface area contributed by atoms with E-state index in [4.69, 9.17) is 17.8 Å². The van der Waals surface area contributed by atoms with Gasteiger partial charge in [-0.25, -0.2) is 0 Å². The lowest BCUT2D eigenvalue weighted by atomic mass is 10.0. The number of methoxy groups -OCH3 is 1. The van der Waals surface area contributed by atoms with Crippen LogP contribution in [0.25, 0.3) is 0 Å². The van der Waals surface area contributed by atoms with Crippen LogP contribution < -0.4 is 0 Å². The number of aryl methyl sites for hydroxylation is 2. The van der Waals surface area contributed by atoms with Gasteiger partial charge < -0.3 is 9.47 Å². The third-order valence-electron chi connectivity index (χ3n) is 4.99. The molecule has 0 aliphatic carbocycles. The topological polar surface area (TPSA) is 105 Å². The van der Waals surface area contributed by atoms with Crippen molar-refractivity contribution < 1.29 is 34.7 Å². The van der Waals surface area contributed by atoms with Crippen LogP contribution in [0, 0.1) is 13.8 Å². The summed E-state index contributed by atoms with van der Waals surface area (Å²) in [4.78, 5) is -0.0781. The molecule has 1 heterocycles. The molecule has 1 saturated heterocycles. The van der Waals surface area contributed by atoms with E-state index >= 15 is 0 Å². The van der Waals surface area contributed by atoms with Gasteiger partial charge in [0.25, 0.3) is 20.2 Å². The predicted molar refractivity (Wildman–Crippen MR) is 112 cm³/mol. The van der Waals surface area contributed by atoms with Crippen molar-refractivity contribution in [3.63, 3.8) is 0 Å². The second kappa shape index (κ2) is 9.35. The molecule has 31 heavy (non-hydrogen) atoms. The summed E-state index contributed by atoms with van der Waals surface area (Å²) in [7, 11) is -6.95. The van der Waals surface area contributed by atoms with Crippen LogP contribution in [0.1, 0.15) is 24.5 Å². The van der Waals surface area contributed by atoms with E-state index in [9.17, 15) is 16.8 Å². The maximum Gasteiger partial charge on any atom is 0.297 e. The van der Waals surface area contributed by atoms with E-state index in [2.05, 4.69) is 0 Å². The van der Waals surface area contributed by atoms with Crippen molar-refractivity contribution >= 4 is 20.2 Å². The first kappa shape index (κ1) is 23.8. The fraction of sp³-hybridized carbons (Fsp3) is 0.429. The van der Waals surface area contributed by atoms with Crippen molar-refractivity contribution in [3.8, 4) is 0 Å². The van der Waals surface area contributed by atoms with Crippen LogP contribution >= 0.6 is 0 Å². The summed E-state index contributed by atoms with van der Waals surface area (Å²) in [6.45, 7) is 5.24. The Bertz CT molecular complexity index is 1090. The number of benzene rings is 2. The van der Waals surface area contributed by atoms with Crippen LogP contribution in [0.3, 0.4) is 0 Å². The maximum atomic E-state index is 12.8. The molecule has 0 saturated carbocycles. The van der Waals surface area contributed by atoms with E-state index in [1.807, 2.05) is 13.8 Å². The van der Waals surface area contributed by atoms with Gasteiger partial charge in [0, 0.05) is 13.5 Å². The van der Waals surface area contributed by atoms with Crippen molar-refractivity contribution in [2.75, 3.05) is 7.11 Å². The minimum atomic E-state index is -4.19. The maximum absolute atomic E-state index is 12.8. The second-order valence-corrected chi connectivity index (χ2v) is 10.6. The lowest BCUT2D eigenvalue weighted by Gasteiger charge is -2.38. The van der Waals surface area contributed by atoms with Gasteiger partial charge in [-0.1, -0.05) is 35.4 Å². The largest absolute Gasteiger partial charge is 0.356 e. The van der Waals surface area contributed by atoms with Crippen molar-refractivity contribution in [3.05, 3.63) is 59.7 Å². The molecule has 0 spiro atoms. The predicted octanol–water partition coefficient (Wildman–Crippen LogP) is 2.93. The summed E-state index contributed by atoms with van der Waals surface area (Å²) in [5.74, 6) is 0. The molecule has 170 valence electrons. The van der Waals surface area contributed by atoms with Crippen LogP contribution in [0.15, 0.2) is 58.3 Å². The van der Waals surface area contributed by atoms with Crippen molar-refractivity contribution in [2.24, 2.45) is 0 Å². The van der Waals surface area contributed by atoms with Gasteiger partial charge in [-0.3, -0.25) is 8.37 Å². The summed E-state index contributed by atoms with van der Waals surface area (Å²) in [5, 5.41) is 0. The lowest BCUT2D eigenvalue weighted by molar-refractivity contribution is -0.226. The summed E-state index contributed by atoms with van der Waals surface area (Å²) < 4.78 is 73.0. The molecule has 4 atom stereocenters. The van der Waals surface area contributed by atoms with E-state index in [0.29, 0.717) is 0 Å². The normalized spacial score (nSPS) is 24.8. The average molecular weight is 471 g/mol. The highest BCUT2D eigenvalue weighted by Gasteiger charge is 2.43. The fourth-order valence-corrected chi connectivity index (χ4v) is 5.46. The van der Waals surface area contributed by atoms with Crippen LogP contribution in [0.4, 0.5) is 0 Å². The number of hydrogen-bond donors (Lipinski definition) is 0. The van der Waals surface area contributed by atoms with Gasteiger partial charge in [0.15, 0.2) is 6.29 Å². The molecule has 0 amide bonds. The molecular formula is C21H26O8S2. The van der Waals surface area contributed by atoms with Gasteiger partial charge in [0.2, 0.25) is 0 Å². The molecule has 0 bridgehead atoms. The van der Waals surface area contributed by atoms with E-state index < -0.39 is 44.8 Å². The van der Waals surface area contributed by atoms with Crippen molar-refractivity contribution in [2.45, 2.75) is 61.6 Å². The smallest absolute Gasteiger partial charge is 0.297 e. The van der Waals surface area contributed by atoms with E-state index in [1.54, 1.807) is 31.2 Å².